The Labute approximate surface area is 147 Å². The molecular weight excluding hydrogens is 314 g/mol. The molecule has 1 aliphatic rings. The van der Waals surface area contributed by atoms with Gasteiger partial charge in [-0.1, -0.05) is 25.3 Å². The molecule has 0 heterocycles. The number of nitrogens with zero attached hydrogens (tertiary/aromatic N) is 3. The molecule has 0 aromatic heterocycles. The Bertz CT molecular complexity index is 798. The van der Waals surface area contributed by atoms with Gasteiger partial charge in [-0.25, -0.2) is 0 Å². The number of nitrogens with one attached hydrogen (secondary N) is 2. The minimum absolute atomic E-state index is 0.127. The molecule has 25 heavy (non-hydrogen) atoms. The summed E-state index contributed by atoms with van der Waals surface area (Å²) in [5.74, 6) is -0.142. The van der Waals surface area contributed by atoms with Crippen LogP contribution < -0.4 is 10.6 Å². The van der Waals surface area contributed by atoms with Crippen molar-refractivity contribution in [2.45, 2.75) is 45.1 Å². The van der Waals surface area contributed by atoms with Crippen LogP contribution >= 0.6 is 0 Å². The predicted molar refractivity (Wildman–Crippen MR) is 93.0 cm³/mol. The van der Waals surface area contributed by atoms with E-state index in [4.69, 9.17) is 15.8 Å². The van der Waals surface area contributed by atoms with Crippen LogP contribution in [0.25, 0.3) is 0 Å². The summed E-state index contributed by atoms with van der Waals surface area (Å²) in [5, 5.41) is 32.8. The Morgan fingerprint density at radius 2 is 1.76 bits per heavy atom. The van der Waals surface area contributed by atoms with Gasteiger partial charge in [0.2, 0.25) is 0 Å². The summed E-state index contributed by atoms with van der Waals surface area (Å²) in [6, 6.07) is 10.5. The average molecular weight is 333 g/mol. The zero-order valence-corrected chi connectivity index (χ0v) is 14.1. The fraction of sp³-hybridized carbons (Fsp3) is 0.368. The number of carbonyl (C=O) groups excluding carboxylic acids is 1. The van der Waals surface area contributed by atoms with Crippen molar-refractivity contribution < 1.29 is 4.79 Å². The van der Waals surface area contributed by atoms with Crippen LogP contribution in [0.2, 0.25) is 0 Å². The van der Waals surface area contributed by atoms with E-state index in [9.17, 15) is 4.79 Å². The maximum Gasteiger partial charge on any atom is 0.251 e. The van der Waals surface area contributed by atoms with Gasteiger partial charge in [-0.2, -0.15) is 15.8 Å². The Hall–Kier alpha value is -3.30. The van der Waals surface area contributed by atoms with E-state index in [0.717, 1.165) is 25.7 Å². The summed E-state index contributed by atoms with van der Waals surface area (Å²) in [7, 11) is 0. The molecule has 1 fully saturated rings. The number of hydrogen-bond donors (Lipinski definition) is 2. The standard InChI is InChI=1S/C19H19N5O/c1-13-16(19(25)23-15-6-3-2-4-7-15)8-5-9-17(13)24-18(12-22)14(10-20)11-21/h5,8-9,15,24H,2-4,6-7H2,1H3,(H,23,25). The lowest BCUT2D eigenvalue weighted by molar-refractivity contribution is 0.0927. The molecule has 126 valence electrons. The quantitative estimate of drug-likeness (QED) is 0.821. The zero-order chi connectivity index (χ0) is 18.2. The summed E-state index contributed by atoms with van der Waals surface area (Å²) in [5.41, 5.74) is 1.29. The summed E-state index contributed by atoms with van der Waals surface area (Å²) in [4.78, 5) is 12.6. The monoisotopic (exact) mass is 333 g/mol. The van der Waals surface area contributed by atoms with Crippen molar-refractivity contribution in [1.29, 1.82) is 15.8 Å². The minimum Gasteiger partial charge on any atom is -0.349 e. The second kappa shape index (κ2) is 8.52. The van der Waals surface area contributed by atoms with Crippen molar-refractivity contribution in [2.75, 3.05) is 5.32 Å². The fourth-order valence-corrected chi connectivity index (χ4v) is 2.94. The Morgan fingerprint density at radius 1 is 1.08 bits per heavy atom. The van der Waals surface area contributed by atoms with E-state index in [1.54, 1.807) is 37.3 Å². The third-order valence-electron chi connectivity index (χ3n) is 4.36. The molecule has 2 N–H and O–H groups in total. The largest absolute Gasteiger partial charge is 0.349 e. The molecule has 1 aliphatic carbocycles. The molecule has 0 bridgehead atoms. The maximum absolute atomic E-state index is 12.6. The highest BCUT2D eigenvalue weighted by atomic mass is 16.1. The molecule has 0 radical (unpaired) electrons. The zero-order valence-electron chi connectivity index (χ0n) is 14.1. The Morgan fingerprint density at radius 3 is 2.36 bits per heavy atom. The van der Waals surface area contributed by atoms with Crippen LogP contribution in [0.15, 0.2) is 29.5 Å². The summed E-state index contributed by atoms with van der Waals surface area (Å²) in [6.07, 6.45) is 5.48. The van der Waals surface area contributed by atoms with Crippen molar-refractivity contribution in [3.05, 3.63) is 40.6 Å². The number of anilines is 1. The van der Waals surface area contributed by atoms with Gasteiger partial charge in [0, 0.05) is 17.3 Å². The molecular formula is C19H19N5O. The lowest BCUT2D eigenvalue weighted by Crippen LogP contribution is -2.36. The second-order valence-electron chi connectivity index (χ2n) is 6.00. The number of rotatable bonds is 4. The van der Waals surface area contributed by atoms with Crippen LogP contribution in [0.5, 0.6) is 0 Å². The van der Waals surface area contributed by atoms with Crippen molar-refractivity contribution in [1.82, 2.24) is 5.32 Å². The van der Waals surface area contributed by atoms with Crippen LogP contribution in [0.4, 0.5) is 5.69 Å². The predicted octanol–water partition coefficient (Wildman–Crippen LogP) is 3.29. The number of carbonyl (C=O) groups is 1. The number of benzene rings is 1. The fourth-order valence-electron chi connectivity index (χ4n) is 2.94. The van der Waals surface area contributed by atoms with E-state index in [-0.39, 0.29) is 23.2 Å². The second-order valence-corrected chi connectivity index (χ2v) is 6.00. The first-order valence-corrected chi connectivity index (χ1v) is 8.22. The van der Waals surface area contributed by atoms with Crippen LogP contribution in [0.3, 0.4) is 0 Å². The Balaban J connectivity index is 2.23. The first-order chi connectivity index (χ1) is 12.1. The van der Waals surface area contributed by atoms with Crippen molar-refractivity contribution in [3.8, 4) is 18.2 Å². The highest BCUT2D eigenvalue weighted by Gasteiger charge is 2.19. The van der Waals surface area contributed by atoms with Crippen LogP contribution in [-0.2, 0) is 0 Å². The number of allylic oxidation sites excluding steroid dienone is 2. The lowest BCUT2D eigenvalue weighted by Gasteiger charge is -2.23. The van der Waals surface area contributed by atoms with E-state index in [1.807, 2.05) is 6.07 Å². The summed E-state index contributed by atoms with van der Waals surface area (Å²) >= 11 is 0. The van der Waals surface area contributed by atoms with Crippen LogP contribution in [0.1, 0.15) is 48.0 Å². The smallest absolute Gasteiger partial charge is 0.251 e. The van der Waals surface area contributed by atoms with E-state index < -0.39 is 0 Å². The van der Waals surface area contributed by atoms with Crippen molar-refractivity contribution in [3.63, 3.8) is 0 Å². The average Bonchev–Trinajstić information content (AvgIpc) is 2.63. The van der Waals surface area contributed by atoms with Gasteiger partial charge in [0.05, 0.1) is 0 Å². The first-order valence-electron chi connectivity index (χ1n) is 8.22. The van der Waals surface area contributed by atoms with Gasteiger partial charge in [0.15, 0.2) is 5.57 Å². The molecule has 6 nitrogen and oxygen atoms in total. The van der Waals surface area contributed by atoms with Gasteiger partial charge in [-0.3, -0.25) is 4.79 Å². The molecule has 0 aliphatic heterocycles. The van der Waals surface area contributed by atoms with Gasteiger partial charge in [-0.15, -0.1) is 0 Å². The van der Waals surface area contributed by atoms with Gasteiger partial charge in [0.1, 0.15) is 23.9 Å². The maximum atomic E-state index is 12.6. The van der Waals surface area contributed by atoms with Crippen LogP contribution in [-0.4, -0.2) is 11.9 Å². The molecule has 0 unspecified atom stereocenters. The van der Waals surface area contributed by atoms with Crippen molar-refractivity contribution >= 4 is 11.6 Å². The van der Waals surface area contributed by atoms with Gasteiger partial charge < -0.3 is 10.6 Å². The molecule has 1 aromatic rings. The van der Waals surface area contributed by atoms with Crippen molar-refractivity contribution in [2.24, 2.45) is 0 Å². The molecule has 6 heteroatoms. The topological polar surface area (TPSA) is 112 Å². The normalized spacial score (nSPS) is 13.7. The van der Waals surface area contributed by atoms with Gasteiger partial charge in [-0.05, 0) is 37.5 Å². The third-order valence-corrected chi connectivity index (χ3v) is 4.36. The Kier molecular flexibility index (Phi) is 6.15. The van der Waals surface area contributed by atoms with Crippen LogP contribution in [0, 0.1) is 40.9 Å². The summed E-state index contributed by atoms with van der Waals surface area (Å²) in [6.45, 7) is 1.77. The molecule has 2 rings (SSSR count). The molecule has 0 atom stereocenters. The van der Waals surface area contributed by atoms with E-state index in [0.29, 0.717) is 16.8 Å². The van der Waals surface area contributed by atoms with E-state index >= 15 is 0 Å². The third kappa shape index (κ3) is 4.37. The molecule has 0 saturated heterocycles. The van der Waals surface area contributed by atoms with E-state index in [2.05, 4.69) is 10.6 Å². The molecule has 1 amide bonds. The van der Waals surface area contributed by atoms with E-state index in [1.165, 1.54) is 6.42 Å². The van der Waals surface area contributed by atoms with Gasteiger partial charge >= 0.3 is 0 Å². The summed E-state index contributed by atoms with van der Waals surface area (Å²) < 4.78 is 0. The number of nitriles is 3. The molecule has 1 aromatic carbocycles. The molecule has 1 saturated carbocycles. The highest BCUT2D eigenvalue weighted by molar-refractivity contribution is 5.97. The number of hydrogen-bond acceptors (Lipinski definition) is 5. The van der Waals surface area contributed by atoms with Gasteiger partial charge in [0.25, 0.3) is 5.91 Å². The number of amides is 1. The SMILES string of the molecule is Cc1c(NC(C#N)=C(C#N)C#N)cccc1C(=O)NC1CCCCC1. The lowest BCUT2D eigenvalue weighted by atomic mass is 9.95. The first kappa shape index (κ1) is 18.0. The highest BCUT2D eigenvalue weighted by Crippen LogP contribution is 2.23. The molecule has 0 spiro atoms. The minimum atomic E-state index is -0.293.